The average Bonchev–Trinajstić information content (AvgIpc) is 2.82. The molecule has 0 spiro atoms. The molecular weight excluding hydrogens is 352 g/mol. The van der Waals surface area contributed by atoms with Crippen LogP contribution in [0.1, 0.15) is 48.9 Å². The van der Waals surface area contributed by atoms with Gasteiger partial charge in [0.1, 0.15) is 0 Å². The maximum atomic E-state index is 4.90. The minimum atomic E-state index is -0.222. The zero-order valence-electron chi connectivity index (χ0n) is 17.1. The van der Waals surface area contributed by atoms with Crippen molar-refractivity contribution in [3.8, 4) is 0 Å². The van der Waals surface area contributed by atoms with E-state index < -0.39 is 0 Å². The molecule has 2 aromatic carbocycles. The molecule has 1 aliphatic carbocycles. The number of benzene rings is 2. The van der Waals surface area contributed by atoms with Gasteiger partial charge in [-0.05, 0) is 67.8 Å². The van der Waals surface area contributed by atoms with Crippen LogP contribution < -0.4 is 0 Å². The Morgan fingerprint density at radius 1 is 0.759 bits per heavy atom. The molecule has 1 aromatic heterocycles. The Morgan fingerprint density at radius 2 is 1.38 bits per heavy atom. The van der Waals surface area contributed by atoms with Gasteiger partial charge in [-0.25, -0.2) is 0 Å². The van der Waals surface area contributed by atoms with Crippen molar-refractivity contribution in [1.82, 2.24) is 9.88 Å². The maximum absolute atomic E-state index is 4.90. The number of pyridine rings is 1. The summed E-state index contributed by atoms with van der Waals surface area (Å²) in [6, 6.07) is 29.2. The normalized spacial score (nSPS) is 21.9. The molecule has 2 aliphatic heterocycles. The lowest BCUT2D eigenvalue weighted by Crippen LogP contribution is -2.49. The van der Waals surface area contributed by atoms with E-state index >= 15 is 0 Å². The Bertz CT molecular complexity index is 802. The van der Waals surface area contributed by atoms with Crippen molar-refractivity contribution in [2.75, 3.05) is 13.1 Å². The second-order valence-corrected chi connectivity index (χ2v) is 8.77. The van der Waals surface area contributed by atoms with Gasteiger partial charge >= 0.3 is 0 Å². The summed E-state index contributed by atoms with van der Waals surface area (Å²) in [4.78, 5) is 7.68. The Hall–Kier alpha value is -2.45. The molecule has 2 heteroatoms. The monoisotopic (exact) mass is 382 g/mol. The molecule has 148 valence electrons. The summed E-state index contributed by atoms with van der Waals surface area (Å²) in [7, 11) is 0. The summed E-state index contributed by atoms with van der Waals surface area (Å²) in [6.07, 6.45) is 8.64. The Kier molecular flexibility index (Phi) is 5.20. The van der Waals surface area contributed by atoms with Crippen LogP contribution in [0.3, 0.4) is 0 Å². The van der Waals surface area contributed by atoms with Gasteiger partial charge < -0.3 is 4.90 Å². The third-order valence-electron chi connectivity index (χ3n) is 7.23. The highest BCUT2D eigenvalue weighted by atomic mass is 15.2. The van der Waals surface area contributed by atoms with Gasteiger partial charge in [0.2, 0.25) is 0 Å². The van der Waals surface area contributed by atoms with Gasteiger partial charge in [-0.15, -0.1) is 0 Å². The minimum absolute atomic E-state index is 0.222. The third-order valence-corrected chi connectivity index (χ3v) is 7.23. The van der Waals surface area contributed by atoms with Crippen molar-refractivity contribution in [1.29, 1.82) is 0 Å². The van der Waals surface area contributed by atoms with Crippen LogP contribution in [0.25, 0.3) is 0 Å². The first-order chi connectivity index (χ1) is 14.4. The van der Waals surface area contributed by atoms with Crippen molar-refractivity contribution in [3.05, 3.63) is 102 Å². The topological polar surface area (TPSA) is 16.1 Å². The minimum Gasteiger partial charge on any atom is -0.300 e. The molecule has 0 N–H and O–H groups in total. The average molecular weight is 383 g/mol. The SMILES string of the molecule is c1ccc(C(CCN2CC3CCC2CC3)(c2ccccc2)c2ccccn2)cc1. The molecule has 0 atom stereocenters. The van der Waals surface area contributed by atoms with Crippen molar-refractivity contribution in [2.24, 2.45) is 5.92 Å². The van der Waals surface area contributed by atoms with E-state index in [1.807, 2.05) is 12.3 Å². The van der Waals surface area contributed by atoms with E-state index in [1.165, 1.54) is 43.4 Å². The Morgan fingerprint density at radius 3 is 1.90 bits per heavy atom. The number of piperidine rings is 2. The van der Waals surface area contributed by atoms with E-state index in [-0.39, 0.29) is 5.41 Å². The lowest BCUT2D eigenvalue weighted by atomic mass is 9.69. The van der Waals surface area contributed by atoms with E-state index in [9.17, 15) is 0 Å². The van der Waals surface area contributed by atoms with Gasteiger partial charge in [-0.1, -0.05) is 66.7 Å². The quantitative estimate of drug-likeness (QED) is 0.545. The number of aromatic nitrogens is 1. The van der Waals surface area contributed by atoms with Crippen molar-refractivity contribution in [2.45, 2.75) is 43.6 Å². The molecular formula is C27H30N2. The summed E-state index contributed by atoms with van der Waals surface area (Å²) in [5, 5.41) is 0. The summed E-state index contributed by atoms with van der Waals surface area (Å²) in [5.74, 6) is 0.915. The largest absolute Gasteiger partial charge is 0.300 e. The molecule has 0 amide bonds. The number of fused-ring (bicyclic) bond motifs is 3. The van der Waals surface area contributed by atoms with Gasteiger partial charge in [-0.2, -0.15) is 0 Å². The lowest BCUT2D eigenvalue weighted by Gasteiger charge is -2.47. The van der Waals surface area contributed by atoms with E-state index in [0.717, 1.165) is 30.6 Å². The third kappa shape index (κ3) is 3.51. The smallest absolute Gasteiger partial charge is 0.0635 e. The van der Waals surface area contributed by atoms with Crippen LogP contribution >= 0.6 is 0 Å². The van der Waals surface area contributed by atoms with Gasteiger partial charge in [-0.3, -0.25) is 4.98 Å². The molecule has 6 rings (SSSR count). The summed E-state index contributed by atoms with van der Waals surface area (Å²) < 4.78 is 0. The van der Waals surface area contributed by atoms with Gasteiger partial charge in [0, 0.05) is 18.8 Å². The molecule has 2 nitrogen and oxygen atoms in total. The number of nitrogens with zero attached hydrogens (tertiary/aromatic N) is 2. The predicted octanol–water partition coefficient (Wildman–Crippen LogP) is 5.68. The van der Waals surface area contributed by atoms with Gasteiger partial charge in [0.05, 0.1) is 11.1 Å². The first kappa shape index (κ1) is 18.6. The van der Waals surface area contributed by atoms with Gasteiger partial charge in [0.25, 0.3) is 0 Å². The van der Waals surface area contributed by atoms with E-state index in [1.54, 1.807) is 0 Å². The highest BCUT2D eigenvalue weighted by molar-refractivity contribution is 5.48. The van der Waals surface area contributed by atoms with Crippen LogP contribution in [0.5, 0.6) is 0 Å². The number of hydrogen-bond acceptors (Lipinski definition) is 2. The van der Waals surface area contributed by atoms with Crippen LogP contribution in [0.4, 0.5) is 0 Å². The second kappa shape index (κ2) is 8.12. The molecule has 0 radical (unpaired) electrons. The van der Waals surface area contributed by atoms with Crippen LogP contribution in [-0.4, -0.2) is 29.0 Å². The fourth-order valence-corrected chi connectivity index (χ4v) is 5.70. The maximum Gasteiger partial charge on any atom is 0.0635 e. The molecule has 1 saturated carbocycles. The molecule has 0 unspecified atom stereocenters. The summed E-state index contributed by atoms with van der Waals surface area (Å²) in [6.45, 7) is 2.41. The standard InChI is InChI=1S/C27H30N2/c1-3-9-23(10-4-1)27(24-11-5-2-6-12-24,26-13-7-8-19-28-26)18-20-29-21-22-14-16-25(29)17-15-22/h1-13,19,22,25H,14-18,20-21H2. The van der Waals surface area contributed by atoms with E-state index in [2.05, 4.69) is 77.7 Å². The first-order valence-electron chi connectivity index (χ1n) is 11.1. The molecule has 3 heterocycles. The van der Waals surface area contributed by atoms with Crippen molar-refractivity contribution < 1.29 is 0 Å². The lowest BCUT2D eigenvalue weighted by molar-refractivity contribution is 0.0452. The molecule has 2 bridgehead atoms. The fourth-order valence-electron chi connectivity index (χ4n) is 5.70. The first-order valence-corrected chi connectivity index (χ1v) is 11.1. The van der Waals surface area contributed by atoms with Crippen LogP contribution in [0.2, 0.25) is 0 Å². The molecule has 29 heavy (non-hydrogen) atoms. The van der Waals surface area contributed by atoms with Gasteiger partial charge in [0.15, 0.2) is 0 Å². The molecule has 2 saturated heterocycles. The zero-order valence-corrected chi connectivity index (χ0v) is 17.1. The molecule has 3 fully saturated rings. The summed E-state index contributed by atoms with van der Waals surface area (Å²) >= 11 is 0. The predicted molar refractivity (Wildman–Crippen MR) is 119 cm³/mol. The Balaban J connectivity index is 1.58. The van der Waals surface area contributed by atoms with Crippen LogP contribution in [0, 0.1) is 5.92 Å². The van der Waals surface area contributed by atoms with Crippen molar-refractivity contribution in [3.63, 3.8) is 0 Å². The van der Waals surface area contributed by atoms with E-state index in [4.69, 9.17) is 4.98 Å². The highest BCUT2D eigenvalue weighted by Gasteiger charge is 2.40. The zero-order chi connectivity index (χ0) is 19.5. The number of hydrogen-bond donors (Lipinski definition) is 0. The molecule has 3 aromatic rings. The summed E-state index contributed by atoms with van der Waals surface area (Å²) in [5.41, 5.74) is 3.61. The highest BCUT2D eigenvalue weighted by Crippen LogP contribution is 2.43. The number of rotatable bonds is 6. The van der Waals surface area contributed by atoms with E-state index in [0.29, 0.717) is 0 Å². The molecule has 3 aliphatic rings. The Labute approximate surface area is 174 Å². The van der Waals surface area contributed by atoms with Crippen LogP contribution in [-0.2, 0) is 5.41 Å². The second-order valence-electron chi connectivity index (χ2n) is 8.77. The van der Waals surface area contributed by atoms with Crippen LogP contribution in [0.15, 0.2) is 85.1 Å². The van der Waals surface area contributed by atoms with Crippen molar-refractivity contribution >= 4 is 0 Å². The fraction of sp³-hybridized carbons (Fsp3) is 0.370.